The number of phenolic OH excluding ortho intramolecular Hbond substituents is 1. The molecule has 282 valence electrons. The Balaban J connectivity index is 2.39. The monoisotopic (exact) mass is 720 g/mol. The number of nitrogens with two attached hydrogens (primary N) is 3. The molecular weight excluding hydrogens is 672 g/mol. The minimum Gasteiger partial charge on any atom is -0.508 e. The van der Waals surface area contributed by atoms with Gasteiger partial charge in [0.2, 0.25) is 41.4 Å². The predicted molar refractivity (Wildman–Crippen MR) is 179 cm³/mol. The molecule has 0 unspecified atom stereocenters. The Morgan fingerprint density at radius 1 is 0.882 bits per heavy atom. The lowest BCUT2D eigenvalue weighted by atomic mass is 9.98. The van der Waals surface area contributed by atoms with Crippen LogP contribution in [-0.4, -0.2) is 117 Å². The molecule has 0 bridgehead atoms. The highest BCUT2D eigenvalue weighted by atomic mass is 16.4. The van der Waals surface area contributed by atoms with Crippen LogP contribution in [0.2, 0.25) is 0 Å². The van der Waals surface area contributed by atoms with E-state index < -0.39 is 103 Å². The van der Waals surface area contributed by atoms with Gasteiger partial charge in [-0.2, -0.15) is 0 Å². The van der Waals surface area contributed by atoms with Gasteiger partial charge in [-0.1, -0.05) is 32.4 Å². The smallest absolute Gasteiger partial charge is 0.326 e. The average Bonchev–Trinajstić information content (AvgIpc) is 3.57. The van der Waals surface area contributed by atoms with Crippen molar-refractivity contribution in [1.29, 1.82) is 0 Å². The summed E-state index contributed by atoms with van der Waals surface area (Å²) in [5, 5.41) is 38.2. The number of nitrogens with one attached hydrogen (secondary N) is 4. The van der Waals surface area contributed by atoms with E-state index in [1.54, 1.807) is 13.8 Å². The number of aliphatic carboxylic acids is 1. The minimum atomic E-state index is -1.70. The maximum absolute atomic E-state index is 14.1. The third-order valence-corrected chi connectivity index (χ3v) is 8.49. The molecule has 7 atom stereocenters. The molecule has 1 heterocycles. The third-order valence-electron chi connectivity index (χ3n) is 8.49. The van der Waals surface area contributed by atoms with Crippen LogP contribution in [0.1, 0.15) is 57.9 Å². The molecule has 1 aromatic carbocycles. The number of nitrogens with zero attached hydrogens (tertiary/aromatic N) is 1. The van der Waals surface area contributed by atoms with E-state index in [1.165, 1.54) is 29.2 Å². The fourth-order valence-corrected chi connectivity index (χ4v) is 5.38. The lowest BCUT2D eigenvalue weighted by Gasteiger charge is -2.31. The fraction of sp³-hybridized carbons (Fsp3) is 0.562. The third kappa shape index (κ3) is 12.8. The predicted octanol–water partition coefficient (Wildman–Crippen LogP) is -3.54. The molecule has 0 radical (unpaired) electrons. The lowest BCUT2D eigenvalue weighted by molar-refractivity contribution is -0.146. The molecule has 0 spiro atoms. The molecule has 0 aliphatic carbocycles. The Labute approximate surface area is 294 Å². The number of aromatic hydroxyl groups is 1. The number of benzene rings is 1. The van der Waals surface area contributed by atoms with Crippen LogP contribution in [0.4, 0.5) is 0 Å². The summed E-state index contributed by atoms with van der Waals surface area (Å²) >= 11 is 0. The van der Waals surface area contributed by atoms with Crippen LogP contribution in [0.3, 0.4) is 0 Å². The molecule has 0 saturated carbocycles. The number of aliphatic hydroxyl groups is 1. The van der Waals surface area contributed by atoms with Gasteiger partial charge in [0.25, 0.3) is 0 Å². The summed E-state index contributed by atoms with van der Waals surface area (Å²) in [7, 11) is 0. The fourth-order valence-electron chi connectivity index (χ4n) is 5.38. The second-order valence-corrected chi connectivity index (χ2v) is 12.4. The molecule has 1 saturated heterocycles. The lowest BCUT2D eigenvalue weighted by Crippen LogP contribution is -2.60. The molecule has 2 rings (SSSR count). The molecule has 19 heteroatoms. The van der Waals surface area contributed by atoms with Crippen molar-refractivity contribution in [2.45, 2.75) is 95.0 Å². The van der Waals surface area contributed by atoms with Crippen molar-refractivity contribution in [3.05, 3.63) is 29.8 Å². The Hall–Kier alpha value is -5.30. The van der Waals surface area contributed by atoms with Gasteiger partial charge in [-0.15, -0.1) is 0 Å². The van der Waals surface area contributed by atoms with Gasteiger partial charge in [0.1, 0.15) is 42.0 Å². The number of rotatable bonds is 20. The van der Waals surface area contributed by atoms with Gasteiger partial charge in [-0.25, -0.2) is 4.79 Å². The van der Waals surface area contributed by atoms with E-state index in [4.69, 9.17) is 17.2 Å². The van der Waals surface area contributed by atoms with Crippen molar-refractivity contribution in [2.75, 3.05) is 13.2 Å². The highest BCUT2D eigenvalue weighted by Crippen LogP contribution is 2.21. The molecule has 19 nitrogen and oxygen atoms in total. The van der Waals surface area contributed by atoms with Crippen molar-refractivity contribution in [2.24, 2.45) is 23.1 Å². The molecular formula is C32H48N8O11. The number of primary amides is 2. The normalized spacial score (nSPS) is 17.5. The van der Waals surface area contributed by atoms with Gasteiger partial charge in [-0.3, -0.25) is 33.6 Å². The average molecular weight is 721 g/mol. The van der Waals surface area contributed by atoms with Gasteiger partial charge >= 0.3 is 5.97 Å². The number of carboxylic acids is 1. The highest BCUT2D eigenvalue weighted by molar-refractivity contribution is 5.98. The number of aliphatic hydroxyl groups excluding tert-OH is 1. The van der Waals surface area contributed by atoms with Crippen LogP contribution < -0.4 is 38.5 Å². The Morgan fingerprint density at radius 2 is 1.47 bits per heavy atom. The minimum absolute atomic E-state index is 0.0709. The first-order valence-corrected chi connectivity index (χ1v) is 16.4. The summed E-state index contributed by atoms with van der Waals surface area (Å²) in [4.78, 5) is 103. The van der Waals surface area contributed by atoms with Gasteiger partial charge in [0, 0.05) is 19.4 Å². The van der Waals surface area contributed by atoms with E-state index in [-0.39, 0.29) is 38.0 Å². The standard InChI is InChI=1S/C32H48N8O11/c1-3-16(2)26(32(50)51)39-30(48)23-5-4-12-40(23)31(49)22(13-17-6-8-18(42)9-7-17)38-29(47)21(14-25(35)44)37-28(46)20(10-11-24(34)43)36-27(45)19(33)15-41/h6-9,16,19-23,26,41-42H,3-5,10-15,33H2,1-2H3,(H2,34,43)(H2,35,44)(H,36,45)(H,37,46)(H,38,47)(H,39,48)(H,50,51)/t16-,19-,20-,21-,22-,23-,26-/m0/s1. The van der Waals surface area contributed by atoms with Crippen molar-refractivity contribution in [3.63, 3.8) is 0 Å². The van der Waals surface area contributed by atoms with Gasteiger partial charge in [0.05, 0.1) is 13.0 Å². The number of hydrogen-bond acceptors (Lipinski definition) is 11. The molecule has 7 amide bonds. The quantitative estimate of drug-likeness (QED) is 0.0626. The molecule has 51 heavy (non-hydrogen) atoms. The highest BCUT2D eigenvalue weighted by Gasteiger charge is 2.40. The number of amides is 7. The van der Waals surface area contributed by atoms with Crippen LogP contribution in [0.5, 0.6) is 5.75 Å². The van der Waals surface area contributed by atoms with Crippen LogP contribution >= 0.6 is 0 Å². The van der Waals surface area contributed by atoms with Crippen LogP contribution in [0.25, 0.3) is 0 Å². The second-order valence-electron chi connectivity index (χ2n) is 12.4. The van der Waals surface area contributed by atoms with Gasteiger partial charge in [-0.05, 0) is 42.9 Å². The number of phenols is 1. The molecule has 13 N–H and O–H groups in total. The second kappa shape index (κ2) is 19.8. The Morgan fingerprint density at radius 3 is 2.02 bits per heavy atom. The number of hydrogen-bond donors (Lipinski definition) is 10. The summed E-state index contributed by atoms with van der Waals surface area (Å²) in [5.74, 6) is -8.01. The van der Waals surface area contributed by atoms with E-state index in [0.717, 1.165) is 0 Å². The first-order chi connectivity index (χ1) is 24.0. The molecule has 1 aliphatic heterocycles. The molecule has 1 aromatic rings. The maximum atomic E-state index is 14.1. The maximum Gasteiger partial charge on any atom is 0.326 e. The summed E-state index contributed by atoms with van der Waals surface area (Å²) in [6.45, 7) is 2.76. The SMILES string of the molecule is CC[C@H](C)[C@H](NC(=O)[C@@H]1CCCN1C(=O)[C@H](Cc1ccc(O)cc1)NC(=O)[C@H](CC(N)=O)NC(=O)[C@H](CCC(N)=O)NC(=O)[C@@H](N)CO)C(=O)O. The Bertz CT molecular complexity index is 1440. The first kappa shape index (κ1) is 41.9. The van der Waals surface area contributed by atoms with E-state index in [0.29, 0.717) is 18.4 Å². The van der Waals surface area contributed by atoms with Gasteiger partial charge in [0.15, 0.2) is 0 Å². The van der Waals surface area contributed by atoms with Crippen molar-refractivity contribution >= 4 is 47.3 Å². The summed E-state index contributed by atoms with van der Waals surface area (Å²) in [6.07, 6.45) is -0.581. The number of likely N-dealkylation sites (tertiary alicyclic amines) is 1. The molecule has 1 aliphatic rings. The topological polar surface area (TPSA) is 327 Å². The van der Waals surface area contributed by atoms with Crippen molar-refractivity contribution in [1.82, 2.24) is 26.2 Å². The summed E-state index contributed by atoms with van der Waals surface area (Å²) < 4.78 is 0. The largest absolute Gasteiger partial charge is 0.508 e. The zero-order valence-electron chi connectivity index (χ0n) is 28.5. The zero-order chi connectivity index (χ0) is 38.4. The zero-order valence-corrected chi connectivity index (χ0v) is 28.5. The van der Waals surface area contributed by atoms with E-state index in [1.807, 2.05) is 0 Å². The van der Waals surface area contributed by atoms with Crippen LogP contribution in [0, 0.1) is 5.92 Å². The number of carbonyl (C=O) groups excluding carboxylic acids is 7. The van der Waals surface area contributed by atoms with Crippen LogP contribution in [0.15, 0.2) is 24.3 Å². The summed E-state index contributed by atoms with van der Waals surface area (Å²) in [5.41, 5.74) is 16.5. The van der Waals surface area contributed by atoms with E-state index in [9.17, 15) is 53.7 Å². The number of carbonyl (C=O) groups is 8. The van der Waals surface area contributed by atoms with E-state index >= 15 is 0 Å². The first-order valence-electron chi connectivity index (χ1n) is 16.4. The van der Waals surface area contributed by atoms with Crippen molar-refractivity contribution in [3.8, 4) is 5.75 Å². The van der Waals surface area contributed by atoms with Crippen molar-refractivity contribution < 1.29 is 53.7 Å². The number of carboxylic acid groups (broad SMARTS) is 1. The van der Waals surface area contributed by atoms with Gasteiger partial charge < -0.3 is 58.7 Å². The Kier molecular flexibility index (Phi) is 16.2. The van der Waals surface area contributed by atoms with Crippen LogP contribution in [-0.2, 0) is 44.8 Å². The summed E-state index contributed by atoms with van der Waals surface area (Å²) in [6, 6.07) is -2.60. The van der Waals surface area contributed by atoms with E-state index in [2.05, 4.69) is 21.3 Å². The molecule has 1 fully saturated rings. The molecule has 0 aromatic heterocycles.